The first kappa shape index (κ1) is 106. The lowest BCUT2D eigenvalue weighted by atomic mass is 9.86. The fourth-order valence-corrected chi connectivity index (χ4v) is 16.2. The molecule has 5 saturated heterocycles. The van der Waals surface area contributed by atoms with E-state index in [1.54, 1.807) is 24.3 Å². The number of hydrogen-bond donors (Lipinski definition) is 3. The monoisotopic (exact) mass is 1900 g/mol. The van der Waals surface area contributed by atoms with Crippen LogP contribution in [0.1, 0.15) is 150 Å². The van der Waals surface area contributed by atoms with Gasteiger partial charge in [0.2, 0.25) is 29.8 Å². The highest BCUT2D eigenvalue weighted by atomic mass is 16.8. The van der Waals surface area contributed by atoms with Gasteiger partial charge in [-0.05, 0) is 55.3 Å². The number of benzene rings is 3. The molecule has 736 valence electrons. The molecule has 47 heteroatoms. The number of rotatable bonds is 35. The Morgan fingerprint density at radius 1 is 0.507 bits per heavy atom. The van der Waals surface area contributed by atoms with Crippen molar-refractivity contribution in [3.8, 4) is 0 Å². The number of nitrogens with one attached hydrogen (secondary N) is 1. The van der Waals surface area contributed by atoms with E-state index in [-0.39, 0.29) is 17.7 Å². The van der Waals surface area contributed by atoms with Crippen molar-refractivity contribution in [2.24, 2.45) is 5.41 Å². The Kier molecular flexibility index (Phi) is 36.0. The summed E-state index contributed by atoms with van der Waals surface area (Å²) in [5, 5.41) is 31.3. The summed E-state index contributed by atoms with van der Waals surface area (Å²) >= 11 is 0. The van der Waals surface area contributed by atoms with Gasteiger partial charge in [-0.1, -0.05) is 48.5 Å². The Morgan fingerprint density at radius 2 is 1.00 bits per heavy atom. The van der Waals surface area contributed by atoms with Crippen LogP contribution >= 0.6 is 0 Å². The summed E-state index contributed by atoms with van der Waals surface area (Å²) in [5.74, 6) is -28.4. The summed E-state index contributed by atoms with van der Waals surface area (Å²) in [6.07, 6.45) is -48.5. The van der Waals surface area contributed by atoms with Crippen LogP contribution in [-0.2, 0) is 197 Å². The largest absolute Gasteiger partial charge is 0.465 e. The molecule has 6 aliphatic heterocycles. The fraction of sp³-hybridized carbons (Fsp3) is 0.609. The minimum absolute atomic E-state index is 0.258. The molecule has 0 spiro atoms. The molecule has 6 aliphatic rings. The number of aliphatic hydroxyl groups is 2. The maximum Gasteiger partial charge on any atom is 0.366 e. The molecule has 9 rings (SSSR count). The van der Waals surface area contributed by atoms with E-state index in [9.17, 15) is 82.1 Å². The van der Waals surface area contributed by atoms with E-state index in [4.69, 9.17) is 114 Å². The molecule has 5 fully saturated rings. The zero-order chi connectivity index (χ0) is 99.2. The summed E-state index contributed by atoms with van der Waals surface area (Å²) in [7, 11) is 1.67. The summed E-state index contributed by atoms with van der Waals surface area (Å²) in [5.41, 5.74) is -1.39. The molecule has 134 heavy (non-hydrogen) atoms. The lowest BCUT2D eigenvalue weighted by molar-refractivity contribution is -0.432. The van der Waals surface area contributed by atoms with Crippen LogP contribution in [0, 0.1) is 5.41 Å². The average molecular weight is 1900 g/mol. The van der Waals surface area contributed by atoms with Crippen molar-refractivity contribution in [3.05, 3.63) is 83.4 Å². The predicted molar refractivity (Wildman–Crippen MR) is 436 cm³/mol. The molecule has 26 atom stereocenters. The van der Waals surface area contributed by atoms with Crippen molar-refractivity contribution >= 4 is 118 Å². The molecule has 3 N–H and O–H groups in total. The second kappa shape index (κ2) is 45.5. The molecule has 3 aromatic rings. The number of amides is 5. The molecule has 0 aromatic heterocycles. The standard InChI is InChI=1S/C87H109N3O44/c1-38(91)88-75-82(111-18)130-62(37-116-79-64(90-77(106)55-26-22-23-27-56(55)78(90)107)69(123-48(11)101)65(58(127-79)33-113-32-52-28-29-53-24-20-21-25-54(53)30-52)131-80-73(125-50(13)103)71(124-49(12)102)67(121-46(9)99)60(128-80)35-115-42(5)95)76(105)87(75,110)134-81-74(126-51(14)104)72(68(122-47(10)100)61(129-81)36-117-83(108)85(15,16)17)133-86(84(109)112-19)31-57(118-43(6)96)63(89(39(2)92)40(3)93)70(132-86)66(120-45(8)98)59(119-44(7)97)34-114-41(4)94/h20-30,57-76,79-82,105,110H,31-37H2,1-19H3,(H,88,91)/t57-,58+,59+,60+,61+,62+,63+,64+,65+,66+,67-,68-,69+,70+,71-,72-,73+,74+,75-,76-,79+,80-,81-,82-,86-,87-/m0/s1. The Morgan fingerprint density at radius 3 is 1.52 bits per heavy atom. The number of imide groups is 2. The average Bonchev–Trinajstić information content (AvgIpc) is 1.36. The summed E-state index contributed by atoms with van der Waals surface area (Å²) < 4.78 is 146. The molecule has 0 bridgehead atoms. The van der Waals surface area contributed by atoms with Crippen molar-refractivity contribution in [2.45, 2.75) is 289 Å². The molecule has 5 amide bonds. The van der Waals surface area contributed by atoms with Gasteiger partial charge in [0.15, 0.2) is 67.7 Å². The molecule has 0 aliphatic carbocycles. The molecule has 3 aromatic carbocycles. The highest BCUT2D eigenvalue weighted by Gasteiger charge is 2.68. The lowest BCUT2D eigenvalue weighted by Gasteiger charge is -2.54. The Bertz CT molecular complexity index is 4830. The highest BCUT2D eigenvalue weighted by molar-refractivity contribution is 6.21. The maximum atomic E-state index is 15.5. The highest BCUT2D eigenvalue weighted by Crippen LogP contribution is 2.47. The molecule has 0 radical (unpaired) electrons. The normalized spacial score (nSPS) is 29.9. The topological polar surface area (TPSA) is 588 Å². The van der Waals surface area contributed by atoms with Crippen LogP contribution < -0.4 is 5.32 Å². The van der Waals surface area contributed by atoms with Crippen molar-refractivity contribution < 1.29 is 210 Å². The zero-order valence-corrected chi connectivity index (χ0v) is 76.6. The van der Waals surface area contributed by atoms with E-state index in [0.29, 0.717) is 15.4 Å². The van der Waals surface area contributed by atoms with E-state index in [1.807, 2.05) is 18.2 Å². The van der Waals surface area contributed by atoms with E-state index in [1.165, 1.54) is 45.0 Å². The van der Waals surface area contributed by atoms with Gasteiger partial charge in [0.25, 0.3) is 17.6 Å². The second-order valence-corrected chi connectivity index (χ2v) is 32.8. The molecule has 0 saturated carbocycles. The number of aliphatic hydroxyl groups excluding tert-OH is 1. The van der Waals surface area contributed by atoms with E-state index in [0.717, 1.165) is 122 Å². The maximum absolute atomic E-state index is 15.5. The first-order valence-corrected chi connectivity index (χ1v) is 42.0. The van der Waals surface area contributed by atoms with Crippen LogP contribution in [0.25, 0.3) is 10.8 Å². The fourth-order valence-electron chi connectivity index (χ4n) is 16.2. The third kappa shape index (κ3) is 25.8. The first-order valence-electron chi connectivity index (χ1n) is 42.0. The number of carbonyl (C=O) groups is 18. The van der Waals surface area contributed by atoms with Gasteiger partial charge in [0.1, 0.15) is 92.9 Å². The van der Waals surface area contributed by atoms with Crippen molar-refractivity contribution in [3.63, 3.8) is 0 Å². The molecule has 6 heterocycles. The van der Waals surface area contributed by atoms with Crippen LogP contribution in [0.15, 0.2) is 66.7 Å². The molecule has 0 unspecified atom stereocenters. The Hall–Kier alpha value is -11.7. The van der Waals surface area contributed by atoms with Crippen molar-refractivity contribution in [1.29, 1.82) is 0 Å². The Balaban J connectivity index is 1.23. The van der Waals surface area contributed by atoms with Crippen molar-refractivity contribution in [1.82, 2.24) is 15.1 Å². The minimum Gasteiger partial charge on any atom is -0.465 e. The summed E-state index contributed by atoms with van der Waals surface area (Å²) in [6, 6.07) is 11.1. The van der Waals surface area contributed by atoms with Gasteiger partial charge in [-0.2, -0.15) is 0 Å². The minimum atomic E-state index is -3.71. The lowest BCUT2D eigenvalue weighted by Crippen LogP contribution is -2.76. The first-order chi connectivity index (χ1) is 62.9. The van der Waals surface area contributed by atoms with Crippen LogP contribution in [0.5, 0.6) is 0 Å². The smallest absolute Gasteiger partial charge is 0.366 e. The molecular weight excluding hydrogens is 1790 g/mol. The number of esters is 13. The number of carbonyl (C=O) groups excluding carboxylic acids is 18. The van der Waals surface area contributed by atoms with E-state index >= 15 is 14.4 Å². The van der Waals surface area contributed by atoms with Crippen LogP contribution in [0.4, 0.5) is 0 Å². The second-order valence-electron chi connectivity index (χ2n) is 32.8. The van der Waals surface area contributed by atoms with E-state index in [2.05, 4.69) is 5.32 Å². The van der Waals surface area contributed by atoms with Gasteiger partial charge in [0.05, 0.1) is 49.9 Å². The van der Waals surface area contributed by atoms with Crippen molar-refractivity contribution in [2.75, 3.05) is 47.3 Å². The number of hydrogen-bond acceptors (Lipinski definition) is 44. The Labute approximate surface area is 765 Å². The van der Waals surface area contributed by atoms with Gasteiger partial charge in [0, 0.05) is 104 Å². The summed E-state index contributed by atoms with van der Waals surface area (Å²) in [6.45, 7) is 11.2. The quantitative estimate of drug-likeness (QED) is 0.0311. The number of fused-ring (bicyclic) bond motifs is 2. The number of nitrogens with zero attached hydrogens (tertiary/aromatic N) is 2. The van der Waals surface area contributed by atoms with Gasteiger partial charge in [-0.25, -0.2) is 4.79 Å². The van der Waals surface area contributed by atoms with Crippen LogP contribution in [0.3, 0.4) is 0 Å². The third-order valence-electron chi connectivity index (χ3n) is 21.3. The summed E-state index contributed by atoms with van der Waals surface area (Å²) in [4.78, 5) is 250. The number of methoxy groups -OCH3 is 2. The SMILES string of the molecule is COC(=O)[C@@]1(O[C@H]2[C@@H](OC(C)=O)[C@@H](COC(=O)C(C)(C)C)O[C@@H](O[C@]3(O)[C@@H](O)[C@@H](CO[C@@H]4O[C@H](COCc5ccc6ccccc6c5)[C@@H](O[C@@H]5O[C@H](COC(C)=O)[C@H](OC(C)=O)[C@H](OC(C)=O)[C@H]5OC(C)=O)[C@H](OC(C)=O)[C@H]4N4C(=O)c5ccccc5C4=O)O[C@H](OC)[C@@H]3NC(C)=O)[C@@H]2OC(C)=O)C[C@H](OC(C)=O)[C@@H](N(C(C)=O)C(C)=O)[C@H]([C@H](OC(C)=O)[C@@H](COC(C)=O)OC(C)=O)O1. The molecular formula is C87H109N3O44. The molecule has 47 nitrogen and oxygen atoms in total. The van der Waals surface area contributed by atoms with Gasteiger partial charge >= 0.3 is 77.6 Å². The van der Waals surface area contributed by atoms with E-state index < -0.39 is 311 Å². The van der Waals surface area contributed by atoms with Crippen LogP contribution in [0.2, 0.25) is 0 Å². The van der Waals surface area contributed by atoms with Gasteiger partial charge in [-0.15, -0.1) is 0 Å². The predicted octanol–water partition coefficient (Wildman–Crippen LogP) is 0.448. The number of ether oxygens (including phenoxy) is 24. The van der Waals surface area contributed by atoms with Crippen LogP contribution in [-0.4, -0.2) is 333 Å². The zero-order valence-electron chi connectivity index (χ0n) is 76.6. The third-order valence-corrected chi connectivity index (χ3v) is 21.3. The van der Waals surface area contributed by atoms with Gasteiger partial charge in [-0.3, -0.25) is 91.3 Å². The van der Waals surface area contributed by atoms with Gasteiger partial charge < -0.3 is 129 Å².